The Hall–Kier alpha value is -2.75. The van der Waals surface area contributed by atoms with E-state index in [9.17, 15) is 24.3 Å². The highest BCUT2D eigenvalue weighted by atomic mass is 127. The van der Waals surface area contributed by atoms with E-state index in [2.05, 4.69) is 0 Å². The second-order valence-electron chi connectivity index (χ2n) is 9.61. The number of likely N-dealkylation sites (tertiary alicyclic amines) is 1. The number of phenols is 1. The van der Waals surface area contributed by atoms with E-state index in [0.717, 1.165) is 5.57 Å². The van der Waals surface area contributed by atoms with E-state index in [-0.39, 0.29) is 47.2 Å². The molecule has 7 nitrogen and oxygen atoms in total. The van der Waals surface area contributed by atoms with Crippen LogP contribution in [0.2, 0.25) is 0 Å². The van der Waals surface area contributed by atoms with Crippen LogP contribution in [-0.4, -0.2) is 47.0 Å². The predicted molar refractivity (Wildman–Crippen MR) is 136 cm³/mol. The number of carbonyl (C=O) groups excluding carboxylic acids is 4. The van der Waals surface area contributed by atoms with Crippen molar-refractivity contribution in [2.75, 3.05) is 13.7 Å². The number of benzene rings is 1. The summed E-state index contributed by atoms with van der Waals surface area (Å²) in [6.45, 7) is 3.96. The molecule has 1 aromatic rings. The molecule has 182 valence electrons. The van der Waals surface area contributed by atoms with Crippen LogP contribution in [0.1, 0.15) is 44.6 Å². The minimum atomic E-state index is -0.559. The summed E-state index contributed by atoms with van der Waals surface area (Å²) >= 11 is 2.01. The van der Waals surface area contributed by atoms with Gasteiger partial charge in [-0.2, -0.15) is 0 Å². The Kier molecular flexibility index (Phi) is 5.97. The Morgan fingerprint density at radius 3 is 2.57 bits per heavy atom. The highest BCUT2D eigenvalue weighted by molar-refractivity contribution is 14.1. The Balaban J connectivity index is 1.70. The van der Waals surface area contributed by atoms with Gasteiger partial charge in [0.15, 0.2) is 23.1 Å². The average Bonchev–Trinajstić information content (AvgIpc) is 3.08. The molecule has 4 aliphatic rings. The first-order valence-electron chi connectivity index (χ1n) is 11.8. The van der Waals surface area contributed by atoms with Crippen molar-refractivity contribution in [3.63, 3.8) is 0 Å². The topological polar surface area (TPSA) is 101 Å². The predicted octanol–water partition coefficient (Wildman–Crippen LogP) is 3.84. The zero-order valence-corrected chi connectivity index (χ0v) is 21.9. The molecule has 0 radical (unpaired) electrons. The monoisotopic (exact) mass is 587 g/mol. The molecule has 1 aliphatic heterocycles. The number of Topliss-reactive ketones (excluding diaryl/α,β-unsaturated/α-hetero) is 1. The molecule has 1 fully saturated rings. The van der Waals surface area contributed by atoms with E-state index in [1.807, 2.05) is 35.6 Å². The molecule has 5 rings (SSSR count). The fraction of sp³-hybridized carbons (Fsp3) is 0.407. The Morgan fingerprint density at radius 1 is 1.14 bits per heavy atom. The van der Waals surface area contributed by atoms with Crippen LogP contribution in [0.25, 0.3) is 0 Å². The third-order valence-corrected chi connectivity index (χ3v) is 8.53. The van der Waals surface area contributed by atoms with Gasteiger partial charge >= 0.3 is 0 Å². The van der Waals surface area contributed by atoms with Crippen molar-refractivity contribution in [1.29, 1.82) is 0 Å². The summed E-state index contributed by atoms with van der Waals surface area (Å²) in [4.78, 5) is 54.5. The number of allylic oxidation sites excluding steroid dienone is 6. The van der Waals surface area contributed by atoms with Gasteiger partial charge in [0.1, 0.15) is 0 Å². The average molecular weight is 587 g/mol. The van der Waals surface area contributed by atoms with Crippen molar-refractivity contribution in [3.8, 4) is 11.5 Å². The lowest BCUT2D eigenvalue weighted by Crippen LogP contribution is -2.39. The van der Waals surface area contributed by atoms with Gasteiger partial charge in [-0.15, -0.1) is 0 Å². The molecule has 0 saturated carbocycles. The maximum Gasteiger partial charge on any atom is 0.233 e. The lowest BCUT2D eigenvalue weighted by Gasteiger charge is -2.42. The van der Waals surface area contributed by atoms with Crippen LogP contribution in [0.3, 0.4) is 0 Å². The van der Waals surface area contributed by atoms with E-state index in [1.54, 1.807) is 19.1 Å². The van der Waals surface area contributed by atoms with Crippen LogP contribution in [-0.2, 0) is 19.2 Å². The van der Waals surface area contributed by atoms with E-state index in [1.165, 1.54) is 18.1 Å². The quantitative estimate of drug-likeness (QED) is 0.249. The number of halogens is 1. The summed E-state index contributed by atoms with van der Waals surface area (Å²) in [6.07, 6.45) is 4.74. The van der Waals surface area contributed by atoms with Gasteiger partial charge in [-0.1, -0.05) is 18.6 Å². The molecule has 3 aliphatic carbocycles. The van der Waals surface area contributed by atoms with Gasteiger partial charge in [0.25, 0.3) is 0 Å². The molecule has 1 saturated heterocycles. The van der Waals surface area contributed by atoms with Crippen LogP contribution < -0.4 is 4.74 Å². The third kappa shape index (κ3) is 3.51. The smallest absolute Gasteiger partial charge is 0.233 e. The molecule has 35 heavy (non-hydrogen) atoms. The number of carbonyl (C=O) groups is 4. The van der Waals surface area contributed by atoms with Gasteiger partial charge < -0.3 is 9.84 Å². The van der Waals surface area contributed by atoms with Crippen LogP contribution >= 0.6 is 22.6 Å². The molecule has 1 N–H and O–H groups in total. The van der Waals surface area contributed by atoms with Crippen molar-refractivity contribution < 1.29 is 29.0 Å². The van der Waals surface area contributed by atoms with Gasteiger partial charge in [0.2, 0.25) is 11.8 Å². The second kappa shape index (κ2) is 8.72. The van der Waals surface area contributed by atoms with Crippen molar-refractivity contribution in [2.24, 2.45) is 17.8 Å². The standard InChI is InChI=1S/C27H26INO6/c1-4-7-29-26(33)15-6-5-14-16(22(15)27(29)34)11-17-19(30)8-12(2)24(31)23(17)21(14)13-9-18(28)25(32)20(10-13)35-3/h5,8-10,15-16,21-22,32H,4,6-7,11H2,1-3H3/t15-,16+,21-,22-/m0/s1. The summed E-state index contributed by atoms with van der Waals surface area (Å²) < 4.78 is 5.94. The SMILES string of the molecule is CCCN1C(=O)[C@H]2[C@H](CC=C3[C@H](c4cc(I)c(O)c(OC)c4)C4=C(C[C@H]32)C(=O)C=C(C)C4=O)C1=O. The van der Waals surface area contributed by atoms with E-state index >= 15 is 0 Å². The molecular weight excluding hydrogens is 561 g/mol. The molecule has 0 bridgehead atoms. The van der Waals surface area contributed by atoms with Gasteiger partial charge in [-0.05, 0) is 78.5 Å². The number of rotatable bonds is 4. The molecule has 4 atom stereocenters. The highest BCUT2D eigenvalue weighted by Crippen LogP contribution is 2.55. The number of imide groups is 1. The summed E-state index contributed by atoms with van der Waals surface area (Å²) in [5, 5.41) is 10.4. The minimum Gasteiger partial charge on any atom is -0.504 e. The highest BCUT2D eigenvalue weighted by Gasteiger charge is 2.56. The van der Waals surface area contributed by atoms with Gasteiger partial charge in [0.05, 0.1) is 22.5 Å². The first-order chi connectivity index (χ1) is 16.7. The van der Waals surface area contributed by atoms with Crippen LogP contribution in [0.15, 0.2) is 46.6 Å². The minimum absolute atomic E-state index is 0.00463. The number of phenolic OH excluding ortho intramolecular Hbond substituents is 1. The van der Waals surface area contributed by atoms with Crippen molar-refractivity contribution in [3.05, 3.63) is 55.7 Å². The van der Waals surface area contributed by atoms with Gasteiger partial charge in [-0.3, -0.25) is 24.1 Å². The molecule has 0 unspecified atom stereocenters. The van der Waals surface area contributed by atoms with Gasteiger partial charge in [-0.25, -0.2) is 0 Å². The number of nitrogens with zero attached hydrogens (tertiary/aromatic N) is 1. The number of ketones is 2. The summed E-state index contributed by atoms with van der Waals surface area (Å²) in [7, 11) is 1.46. The molecular formula is C27H26INO6. The Morgan fingerprint density at radius 2 is 1.89 bits per heavy atom. The van der Waals surface area contributed by atoms with E-state index in [0.29, 0.717) is 45.2 Å². The number of hydrogen-bond acceptors (Lipinski definition) is 6. The normalized spacial score (nSPS) is 27.9. The first kappa shape index (κ1) is 24.0. The Labute approximate surface area is 217 Å². The molecule has 1 aromatic carbocycles. The summed E-state index contributed by atoms with van der Waals surface area (Å²) in [6, 6.07) is 3.48. The van der Waals surface area contributed by atoms with Crippen molar-refractivity contribution in [1.82, 2.24) is 4.90 Å². The summed E-state index contributed by atoms with van der Waals surface area (Å²) in [5.74, 6) is -2.34. The maximum absolute atomic E-state index is 13.4. The first-order valence-corrected chi connectivity index (χ1v) is 12.9. The van der Waals surface area contributed by atoms with Gasteiger partial charge in [0, 0.05) is 29.2 Å². The van der Waals surface area contributed by atoms with Crippen molar-refractivity contribution in [2.45, 2.75) is 39.0 Å². The number of ether oxygens (including phenoxy) is 1. The molecule has 0 aromatic heterocycles. The van der Waals surface area contributed by atoms with E-state index in [4.69, 9.17) is 4.74 Å². The number of methoxy groups -OCH3 is 1. The number of hydrogen-bond donors (Lipinski definition) is 1. The lowest BCUT2D eigenvalue weighted by atomic mass is 9.59. The zero-order chi connectivity index (χ0) is 25.2. The number of aromatic hydroxyl groups is 1. The Bertz CT molecular complexity index is 1290. The maximum atomic E-state index is 13.4. The molecule has 8 heteroatoms. The number of fused-ring (bicyclic) bond motifs is 3. The second-order valence-corrected chi connectivity index (χ2v) is 10.8. The van der Waals surface area contributed by atoms with Crippen LogP contribution in [0.5, 0.6) is 11.5 Å². The molecule has 1 heterocycles. The zero-order valence-electron chi connectivity index (χ0n) is 19.8. The van der Waals surface area contributed by atoms with Crippen LogP contribution in [0, 0.1) is 21.3 Å². The third-order valence-electron chi connectivity index (χ3n) is 7.71. The van der Waals surface area contributed by atoms with E-state index < -0.39 is 17.8 Å². The fourth-order valence-corrected chi connectivity index (χ4v) is 6.79. The lowest BCUT2D eigenvalue weighted by molar-refractivity contribution is -0.140. The summed E-state index contributed by atoms with van der Waals surface area (Å²) in [5.41, 5.74) is 2.84. The van der Waals surface area contributed by atoms with Crippen molar-refractivity contribution >= 4 is 46.0 Å². The largest absolute Gasteiger partial charge is 0.504 e. The fourth-order valence-electron chi connectivity index (χ4n) is 6.17. The molecule has 0 spiro atoms. The number of amides is 2. The van der Waals surface area contributed by atoms with Crippen LogP contribution in [0.4, 0.5) is 0 Å². The molecule has 2 amide bonds.